The van der Waals surface area contributed by atoms with E-state index in [1.54, 1.807) is 18.4 Å². The number of rotatable bonds is 8. The Kier molecular flexibility index (Phi) is 13.4. The monoisotopic (exact) mass is 954 g/mol. The second kappa shape index (κ2) is 17.6. The summed E-state index contributed by atoms with van der Waals surface area (Å²) in [6.07, 6.45) is -5.62. The van der Waals surface area contributed by atoms with Crippen LogP contribution in [-0.2, 0) is 14.1 Å². The molecule has 1 atom stereocenters. The maximum Gasteiger partial charge on any atom is 0.212 e. The average molecular weight is 954 g/mol. The van der Waals surface area contributed by atoms with Crippen LogP contribution in [-0.4, -0.2) is 29.0 Å². The third kappa shape index (κ3) is 7.71. The highest BCUT2D eigenvalue weighted by molar-refractivity contribution is 8.03. The standard InChI is InChI=1S/C24BF20.C15H14O3S/c26-5-1(6(27)14(35)21(42)13(5)34)25(2-7(28)15(36)22(43)16(37)8(2)29,3-9(30)17(38)23(44)18(39)10(3)31)4-11(32)19(40)24(45)20(41)12(4)33;1-19(18,14-5-3-2-4-6-14)11-15(17)12-7-9-13(16)10-8-12/h;2-10H,11H2,1H3/q-1;/p+1. The maximum atomic E-state index is 15.4. The Morgan fingerprint density at radius 1 is 0.406 bits per heavy atom. The summed E-state index contributed by atoms with van der Waals surface area (Å²) in [6, 6.07) is 15.0. The largest absolute Gasteiger partial charge is 0.508 e. The van der Waals surface area contributed by atoms with Gasteiger partial charge >= 0.3 is 0 Å². The molecular weight excluding hydrogens is 939 g/mol. The van der Waals surface area contributed by atoms with E-state index in [-0.39, 0.29) is 17.3 Å². The second-order valence-corrected chi connectivity index (χ2v) is 16.0. The molecule has 64 heavy (non-hydrogen) atoms. The molecule has 0 fully saturated rings. The van der Waals surface area contributed by atoms with Gasteiger partial charge in [-0.25, -0.2) is 87.8 Å². The van der Waals surface area contributed by atoms with Crippen LogP contribution in [0.2, 0.25) is 0 Å². The van der Waals surface area contributed by atoms with Gasteiger partial charge in [0, 0.05) is 5.56 Å². The van der Waals surface area contributed by atoms with Crippen molar-refractivity contribution in [2.24, 2.45) is 0 Å². The first kappa shape index (κ1) is 48.6. The number of halogens is 20. The van der Waals surface area contributed by atoms with Crippen LogP contribution in [0.4, 0.5) is 87.8 Å². The number of ketones is 1. The molecule has 25 heteroatoms. The molecule has 338 valence electrons. The lowest BCUT2D eigenvalue weighted by atomic mass is 9.12. The van der Waals surface area contributed by atoms with Crippen molar-refractivity contribution in [2.45, 2.75) is 4.90 Å². The van der Waals surface area contributed by atoms with Gasteiger partial charge < -0.3 is 5.11 Å². The number of phenols is 1. The molecule has 0 amide bonds. The first-order valence-electron chi connectivity index (χ1n) is 16.8. The van der Waals surface area contributed by atoms with Crippen LogP contribution < -0.4 is 21.9 Å². The van der Waals surface area contributed by atoms with E-state index >= 15 is 35.1 Å². The van der Waals surface area contributed by atoms with Crippen LogP contribution in [0.25, 0.3) is 0 Å². The van der Waals surface area contributed by atoms with Crippen molar-refractivity contribution in [3.63, 3.8) is 0 Å². The zero-order chi connectivity index (χ0) is 48.2. The molecule has 0 heterocycles. The van der Waals surface area contributed by atoms with Crippen molar-refractivity contribution in [1.82, 2.24) is 0 Å². The fraction of sp³-hybridized carbons (Fsp3) is 0.0513. The minimum Gasteiger partial charge on any atom is -0.508 e. The zero-order valence-electron chi connectivity index (χ0n) is 30.7. The Hall–Kier alpha value is -6.40. The van der Waals surface area contributed by atoms with E-state index in [1.165, 1.54) is 24.3 Å². The highest BCUT2D eigenvalue weighted by Crippen LogP contribution is 2.31. The quantitative estimate of drug-likeness (QED) is 0.0416. The van der Waals surface area contributed by atoms with Gasteiger partial charge in [0.05, 0.1) is 0 Å². The Morgan fingerprint density at radius 3 is 0.891 bits per heavy atom. The van der Waals surface area contributed by atoms with E-state index in [1.807, 2.05) is 18.2 Å². The first-order valence-corrected chi connectivity index (χ1v) is 18.9. The Bertz CT molecular complexity index is 2550. The van der Waals surface area contributed by atoms with Gasteiger partial charge in [0.1, 0.15) is 74.6 Å². The fourth-order valence-electron chi connectivity index (χ4n) is 6.65. The van der Waals surface area contributed by atoms with Gasteiger partial charge in [-0.15, -0.1) is 21.9 Å². The zero-order valence-corrected chi connectivity index (χ0v) is 31.5. The van der Waals surface area contributed by atoms with Crippen molar-refractivity contribution in [2.75, 3.05) is 12.0 Å². The summed E-state index contributed by atoms with van der Waals surface area (Å²) < 4.78 is 307. The molecule has 0 aromatic heterocycles. The summed E-state index contributed by atoms with van der Waals surface area (Å²) in [6.45, 7) is 0. The molecule has 0 spiro atoms. The molecule has 0 aliphatic heterocycles. The minimum atomic E-state index is -7.22. The van der Waals surface area contributed by atoms with Crippen molar-refractivity contribution in [3.8, 4) is 5.75 Å². The fourth-order valence-corrected chi connectivity index (χ4v) is 8.21. The predicted molar refractivity (Wildman–Crippen MR) is 185 cm³/mol. The van der Waals surface area contributed by atoms with E-state index in [0.29, 0.717) is 10.5 Å². The average Bonchev–Trinajstić information content (AvgIpc) is 3.26. The lowest BCUT2D eigenvalue weighted by molar-refractivity contribution is 0.102. The Labute approximate surface area is 344 Å². The molecular formula is C39H15BF20O3S. The van der Waals surface area contributed by atoms with Gasteiger partial charge in [-0.2, -0.15) is 0 Å². The third-order valence-electron chi connectivity index (χ3n) is 9.54. The molecule has 6 aromatic carbocycles. The van der Waals surface area contributed by atoms with Crippen LogP contribution in [0.1, 0.15) is 10.4 Å². The predicted octanol–water partition coefficient (Wildman–Crippen LogP) is 8.61. The second-order valence-electron chi connectivity index (χ2n) is 13.2. The summed E-state index contributed by atoms with van der Waals surface area (Å²) in [7, 11) is -2.38. The number of hydrogen-bond donors (Lipinski definition) is 1. The molecule has 0 bridgehead atoms. The van der Waals surface area contributed by atoms with Crippen LogP contribution in [0, 0.1) is 116 Å². The maximum absolute atomic E-state index is 15.4. The summed E-state index contributed by atoms with van der Waals surface area (Å²) >= 11 is 0. The van der Waals surface area contributed by atoms with Gasteiger partial charge in [-0.05, 0) is 36.4 Å². The highest BCUT2D eigenvalue weighted by atomic mass is 32.2. The van der Waals surface area contributed by atoms with Crippen LogP contribution in [0.3, 0.4) is 0 Å². The number of aromatic hydroxyl groups is 1. The SMILES string of the molecule is C[S+](=O)(CC(=O)c1ccc(O)cc1)c1ccccc1.Fc1c(F)c(F)c([B-](c2c(F)c(F)c(F)c(F)c2F)(c2c(F)c(F)c(F)c(F)c2F)c2c(F)c(F)c(F)c(F)c2F)c(F)c1F. The van der Waals surface area contributed by atoms with Crippen molar-refractivity contribution >= 4 is 43.7 Å². The highest BCUT2D eigenvalue weighted by Gasteiger charge is 2.52. The molecule has 0 aliphatic rings. The molecule has 0 radical (unpaired) electrons. The smallest absolute Gasteiger partial charge is 0.212 e. The number of carbonyl (C=O) groups is 1. The van der Waals surface area contributed by atoms with Crippen molar-refractivity contribution in [3.05, 3.63) is 177 Å². The van der Waals surface area contributed by atoms with Gasteiger partial charge in [0.25, 0.3) is 0 Å². The number of hydrogen-bond acceptors (Lipinski definition) is 3. The summed E-state index contributed by atoms with van der Waals surface area (Å²) in [5.74, 6) is -71.5. The van der Waals surface area contributed by atoms with Gasteiger partial charge in [0.2, 0.25) is 5.78 Å². The molecule has 6 rings (SSSR count). The summed E-state index contributed by atoms with van der Waals surface area (Å²) in [4.78, 5) is 12.8. The molecule has 0 saturated carbocycles. The first-order chi connectivity index (χ1) is 29.7. The molecule has 0 aliphatic carbocycles. The molecule has 3 nitrogen and oxygen atoms in total. The molecule has 1 N–H and O–H groups in total. The van der Waals surface area contributed by atoms with Crippen LogP contribution in [0.5, 0.6) is 5.75 Å². The van der Waals surface area contributed by atoms with Crippen molar-refractivity contribution < 1.29 is 102 Å². The Morgan fingerprint density at radius 2 is 0.641 bits per heavy atom. The number of phenolic OH excluding ortho intramolecular Hbond substituents is 1. The molecule has 0 saturated heterocycles. The van der Waals surface area contributed by atoms with E-state index in [9.17, 15) is 66.8 Å². The van der Waals surface area contributed by atoms with E-state index in [4.69, 9.17) is 0 Å². The van der Waals surface area contributed by atoms with E-state index in [2.05, 4.69) is 0 Å². The van der Waals surface area contributed by atoms with Crippen LogP contribution in [0.15, 0.2) is 59.5 Å². The van der Waals surface area contributed by atoms with Gasteiger partial charge in [-0.3, -0.25) is 4.79 Å². The van der Waals surface area contributed by atoms with Crippen LogP contribution >= 0.6 is 0 Å². The topological polar surface area (TPSA) is 54.4 Å². The summed E-state index contributed by atoms with van der Waals surface area (Å²) in [5, 5.41) is 9.18. The minimum absolute atomic E-state index is 0.0260. The van der Waals surface area contributed by atoms with E-state index < -0.39 is 154 Å². The molecule has 6 aromatic rings. The normalized spacial score (nSPS) is 12.5. The Balaban J connectivity index is 0.000000337. The van der Waals surface area contributed by atoms with E-state index in [0.717, 1.165) is 0 Å². The lowest BCUT2D eigenvalue weighted by Gasteiger charge is -2.44. The lowest BCUT2D eigenvalue weighted by Crippen LogP contribution is -2.81. The summed E-state index contributed by atoms with van der Waals surface area (Å²) in [5.41, 5.74) is -13.9. The molecule has 1 unspecified atom stereocenters. The number of Topliss-reactive ketones (excluding diaryl/α,β-unsaturated/α-hetero) is 1. The van der Waals surface area contributed by atoms with Gasteiger partial charge in [0.15, 0.2) is 80.5 Å². The third-order valence-corrected chi connectivity index (χ3v) is 11.6. The van der Waals surface area contributed by atoms with Gasteiger partial charge in [-0.1, -0.05) is 22.4 Å². The number of carbonyl (C=O) groups excluding carboxylic acids is 1. The van der Waals surface area contributed by atoms with Crippen molar-refractivity contribution in [1.29, 1.82) is 0 Å². The number of benzene rings is 6.